The average Bonchev–Trinajstić information content (AvgIpc) is 2.33. The number of rotatable bonds is 0. The first-order valence-corrected chi connectivity index (χ1v) is 3.99. The van der Waals surface area contributed by atoms with Crippen LogP contribution in [0.4, 0.5) is 5.69 Å². The molecular formula is C10H12N2. The Bertz CT molecular complexity index is 427. The normalized spacial score (nSPS) is 10.8. The zero-order valence-electron chi connectivity index (χ0n) is 7.33. The van der Waals surface area contributed by atoms with Gasteiger partial charge in [0.05, 0.1) is 5.52 Å². The summed E-state index contributed by atoms with van der Waals surface area (Å²) in [5.74, 6) is 0. The highest BCUT2D eigenvalue weighted by Gasteiger charge is 2.01. The maximum Gasteiger partial charge on any atom is 0.0501 e. The molecule has 2 heteroatoms. The Morgan fingerprint density at radius 1 is 1.33 bits per heavy atom. The third-order valence-electron chi connectivity index (χ3n) is 2.18. The third-order valence-corrected chi connectivity index (χ3v) is 2.18. The fraction of sp³-hybridized carbons (Fsp3) is 0.200. The molecule has 2 aromatic rings. The number of benzene rings is 1. The molecule has 0 saturated carbocycles. The Hall–Kier alpha value is -1.44. The van der Waals surface area contributed by atoms with Crippen molar-refractivity contribution in [3.63, 3.8) is 0 Å². The van der Waals surface area contributed by atoms with Crippen LogP contribution < -0.4 is 5.73 Å². The number of nitrogens with zero attached hydrogens (tertiary/aromatic N) is 1. The monoisotopic (exact) mass is 160 g/mol. The van der Waals surface area contributed by atoms with Gasteiger partial charge in [-0.15, -0.1) is 0 Å². The Kier molecular flexibility index (Phi) is 1.37. The first-order valence-electron chi connectivity index (χ1n) is 3.99. The Morgan fingerprint density at radius 2 is 2.08 bits per heavy atom. The summed E-state index contributed by atoms with van der Waals surface area (Å²) in [5.41, 5.74) is 9.13. The van der Waals surface area contributed by atoms with Crippen molar-refractivity contribution in [3.05, 3.63) is 30.0 Å². The Balaban J connectivity index is 2.92. The fourth-order valence-electron chi connectivity index (χ4n) is 1.55. The van der Waals surface area contributed by atoms with Crippen molar-refractivity contribution in [3.8, 4) is 0 Å². The summed E-state index contributed by atoms with van der Waals surface area (Å²) < 4.78 is 2.08. The number of hydrogen-bond donors (Lipinski definition) is 1. The van der Waals surface area contributed by atoms with Crippen LogP contribution in [0.2, 0.25) is 0 Å². The second kappa shape index (κ2) is 2.27. The summed E-state index contributed by atoms with van der Waals surface area (Å²) in [5, 5.41) is 1.14. The van der Waals surface area contributed by atoms with Crippen LogP contribution in [0.5, 0.6) is 0 Å². The molecule has 0 atom stereocenters. The molecule has 1 aromatic carbocycles. The van der Waals surface area contributed by atoms with Gasteiger partial charge in [-0.2, -0.15) is 0 Å². The number of nitrogens with two attached hydrogens (primary N) is 1. The lowest BCUT2D eigenvalue weighted by Crippen LogP contribution is -1.89. The highest BCUT2D eigenvalue weighted by molar-refractivity contribution is 5.91. The highest BCUT2D eigenvalue weighted by Crippen LogP contribution is 2.22. The summed E-state index contributed by atoms with van der Waals surface area (Å²) in [6, 6.07) is 6.19. The molecule has 1 heterocycles. The summed E-state index contributed by atoms with van der Waals surface area (Å²) in [6.07, 6.45) is 2.03. The van der Waals surface area contributed by atoms with E-state index in [2.05, 4.69) is 17.6 Å². The van der Waals surface area contributed by atoms with E-state index in [-0.39, 0.29) is 0 Å². The zero-order valence-corrected chi connectivity index (χ0v) is 7.33. The van der Waals surface area contributed by atoms with E-state index in [1.165, 1.54) is 11.1 Å². The molecule has 2 N–H and O–H groups in total. The Labute approximate surface area is 71.6 Å². The maximum absolute atomic E-state index is 5.86. The fourth-order valence-corrected chi connectivity index (χ4v) is 1.55. The highest BCUT2D eigenvalue weighted by atomic mass is 14.9. The van der Waals surface area contributed by atoms with E-state index >= 15 is 0 Å². The molecule has 0 aliphatic heterocycles. The van der Waals surface area contributed by atoms with Gasteiger partial charge >= 0.3 is 0 Å². The molecule has 2 nitrogen and oxygen atoms in total. The molecule has 0 bridgehead atoms. The predicted octanol–water partition coefficient (Wildman–Crippen LogP) is 2.07. The van der Waals surface area contributed by atoms with E-state index in [1.54, 1.807) is 0 Å². The molecule has 0 spiro atoms. The van der Waals surface area contributed by atoms with Crippen molar-refractivity contribution >= 4 is 16.6 Å². The molecule has 12 heavy (non-hydrogen) atoms. The van der Waals surface area contributed by atoms with Crippen LogP contribution in [0.15, 0.2) is 24.4 Å². The topological polar surface area (TPSA) is 30.9 Å². The number of hydrogen-bond acceptors (Lipinski definition) is 1. The van der Waals surface area contributed by atoms with Gasteiger partial charge in [0.25, 0.3) is 0 Å². The standard InChI is InChI=1S/C10H12N2/c1-7-5-9(11)8-3-4-12(2)10(8)6-7/h3-6H,11H2,1-2H3. The lowest BCUT2D eigenvalue weighted by atomic mass is 10.1. The minimum atomic E-state index is 0.866. The largest absolute Gasteiger partial charge is 0.398 e. The number of aromatic nitrogens is 1. The van der Waals surface area contributed by atoms with E-state index in [0.717, 1.165) is 11.1 Å². The predicted molar refractivity (Wildman–Crippen MR) is 52.1 cm³/mol. The molecule has 1 aromatic heterocycles. The van der Waals surface area contributed by atoms with Gasteiger partial charge in [0.1, 0.15) is 0 Å². The summed E-state index contributed by atoms with van der Waals surface area (Å²) in [6.45, 7) is 2.06. The van der Waals surface area contributed by atoms with Crippen LogP contribution in [0, 0.1) is 6.92 Å². The minimum absolute atomic E-state index is 0.866. The number of anilines is 1. The molecule has 0 aliphatic carbocycles. The molecule has 0 saturated heterocycles. The van der Waals surface area contributed by atoms with Crippen LogP contribution in [0.25, 0.3) is 10.9 Å². The van der Waals surface area contributed by atoms with Gasteiger partial charge < -0.3 is 10.3 Å². The molecule has 0 radical (unpaired) electrons. The van der Waals surface area contributed by atoms with Gasteiger partial charge in [-0.3, -0.25) is 0 Å². The molecule has 0 fully saturated rings. The minimum Gasteiger partial charge on any atom is -0.398 e. The first-order chi connectivity index (χ1) is 5.68. The second-order valence-electron chi connectivity index (χ2n) is 3.21. The SMILES string of the molecule is Cc1cc(N)c2ccn(C)c2c1. The number of fused-ring (bicyclic) bond motifs is 1. The van der Waals surface area contributed by atoms with Crippen LogP contribution in [-0.4, -0.2) is 4.57 Å². The molecular weight excluding hydrogens is 148 g/mol. The van der Waals surface area contributed by atoms with E-state index in [0.29, 0.717) is 0 Å². The molecule has 2 rings (SSSR count). The van der Waals surface area contributed by atoms with Gasteiger partial charge in [0, 0.05) is 24.3 Å². The van der Waals surface area contributed by atoms with E-state index < -0.39 is 0 Å². The van der Waals surface area contributed by atoms with Crippen molar-refractivity contribution in [1.29, 1.82) is 0 Å². The third kappa shape index (κ3) is 0.881. The second-order valence-corrected chi connectivity index (χ2v) is 3.21. The maximum atomic E-state index is 5.86. The molecule has 0 aliphatic rings. The van der Waals surface area contributed by atoms with Crippen molar-refractivity contribution in [1.82, 2.24) is 4.57 Å². The van der Waals surface area contributed by atoms with Crippen molar-refractivity contribution < 1.29 is 0 Å². The molecule has 0 unspecified atom stereocenters. The Morgan fingerprint density at radius 3 is 2.83 bits per heavy atom. The molecule has 0 amide bonds. The van der Waals surface area contributed by atoms with E-state index in [9.17, 15) is 0 Å². The summed E-state index contributed by atoms with van der Waals surface area (Å²) in [7, 11) is 2.03. The summed E-state index contributed by atoms with van der Waals surface area (Å²) in [4.78, 5) is 0. The average molecular weight is 160 g/mol. The van der Waals surface area contributed by atoms with Crippen molar-refractivity contribution in [2.24, 2.45) is 7.05 Å². The van der Waals surface area contributed by atoms with Gasteiger partial charge in [-0.25, -0.2) is 0 Å². The van der Waals surface area contributed by atoms with Crippen molar-refractivity contribution in [2.45, 2.75) is 6.92 Å². The molecule has 62 valence electrons. The summed E-state index contributed by atoms with van der Waals surface area (Å²) >= 11 is 0. The van der Waals surface area contributed by atoms with Crippen LogP contribution in [0.3, 0.4) is 0 Å². The number of aryl methyl sites for hydroxylation is 2. The van der Waals surface area contributed by atoms with Gasteiger partial charge in [0.2, 0.25) is 0 Å². The lowest BCUT2D eigenvalue weighted by Gasteiger charge is -2.01. The smallest absolute Gasteiger partial charge is 0.0501 e. The first kappa shape index (κ1) is 7.22. The van der Waals surface area contributed by atoms with Gasteiger partial charge in [0.15, 0.2) is 0 Å². The van der Waals surface area contributed by atoms with Crippen LogP contribution >= 0.6 is 0 Å². The van der Waals surface area contributed by atoms with Crippen molar-refractivity contribution in [2.75, 3.05) is 5.73 Å². The lowest BCUT2D eigenvalue weighted by molar-refractivity contribution is 0.968. The van der Waals surface area contributed by atoms with Crippen LogP contribution in [0.1, 0.15) is 5.56 Å². The number of nitrogen functional groups attached to an aromatic ring is 1. The zero-order chi connectivity index (χ0) is 8.72. The van der Waals surface area contributed by atoms with Gasteiger partial charge in [-0.1, -0.05) is 0 Å². The van der Waals surface area contributed by atoms with E-state index in [1.807, 2.05) is 25.4 Å². The van der Waals surface area contributed by atoms with Gasteiger partial charge in [-0.05, 0) is 30.7 Å². The van der Waals surface area contributed by atoms with E-state index in [4.69, 9.17) is 5.73 Å². The quantitative estimate of drug-likeness (QED) is 0.587. The van der Waals surface area contributed by atoms with Crippen LogP contribution in [-0.2, 0) is 7.05 Å².